The van der Waals surface area contributed by atoms with Crippen LogP contribution in [0.25, 0.3) is 0 Å². The van der Waals surface area contributed by atoms with E-state index in [4.69, 9.17) is 9.47 Å². The Hall–Kier alpha value is -3.28. The van der Waals surface area contributed by atoms with E-state index in [-0.39, 0.29) is 16.9 Å². The standard InChI is InChI=1S/C22H21F5N2O5/c1-10-15(12-5-6-13(23)16(24)17(12)32-3)18(34-21(10,2)22(25,26)27)19(30)29-11-7-8-28-14(9-11)20(31)33-4/h5-10,15,18H,1-4H3,(H,28,29,30)/t10-,15-,18+,21+/m1/s1. The number of nitrogens with zero attached hydrogens (tertiary/aromatic N) is 1. The van der Waals surface area contributed by atoms with Gasteiger partial charge in [0.1, 0.15) is 11.8 Å². The lowest BCUT2D eigenvalue weighted by atomic mass is 9.77. The van der Waals surface area contributed by atoms with Crippen molar-refractivity contribution in [2.45, 2.75) is 37.6 Å². The van der Waals surface area contributed by atoms with E-state index in [0.717, 1.165) is 39.3 Å². The third kappa shape index (κ3) is 4.29. The van der Waals surface area contributed by atoms with Crippen molar-refractivity contribution < 1.29 is 45.8 Å². The quantitative estimate of drug-likeness (QED) is 0.501. The van der Waals surface area contributed by atoms with Crippen molar-refractivity contribution in [2.24, 2.45) is 5.92 Å². The van der Waals surface area contributed by atoms with Crippen LogP contribution in [0.2, 0.25) is 0 Å². The Balaban J connectivity index is 2.06. The zero-order chi connectivity index (χ0) is 25.4. The molecule has 12 heteroatoms. The number of carbonyl (C=O) groups excluding carboxylic acids is 2. The summed E-state index contributed by atoms with van der Waals surface area (Å²) >= 11 is 0. The molecular formula is C22H21F5N2O5. The molecule has 0 unspecified atom stereocenters. The first-order valence-corrected chi connectivity index (χ1v) is 9.97. The summed E-state index contributed by atoms with van der Waals surface area (Å²) in [4.78, 5) is 28.6. The number of halogens is 5. The number of alkyl halides is 3. The lowest BCUT2D eigenvalue weighted by Gasteiger charge is -2.32. The molecule has 0 aliphatic carbocycles. The van der Waals surface area contributed by atoms with Gasteiger partial charge in [0.05, 0.1) is 14.2 Å². The van der Waals surface area contributed by atoms with Crippen molar-refractivity contribution in [3.63, 3.8) is 0 Å². The van der Waals surface area contributed by atoms with Crippen molar-refractivity contribution in [3.8, 4) is 5.75 Å². The van der Waals surface area contributed by atoms with Crippen LogP contribution in [0.3, 0.4) is 0 Å². The van der Waals surface area contributed by atoms with Crippen molar-refractivity contribution in [2.75, 3.05) is 19.5 Å². The van der Waals surface area contributed by atoms with Gasteiger partial charge >= 0.3 is 12.1 Å². The molecule has 1 N–H and O–H groups in total. The predicted molar refractivity (Wildman–Crippen MR) is 108 cm³/mol. The molecule has 0 spiro atoms. The van der Waals surface area contributed by atoms with Crippen molar-refractivity contribution in [1.29, 1.82) is 0 Å². The molecule has 184 valence electrons. The van der Waals surface area contributed by atoms with Gasteiger partial charge in [0.25, 0.3) is 5.91 Å². The largest absolute Gasteiger partial charge is 0.493 e. The topological polar surface area (TPSA) is 86.8 Å². The summed E-state index contributed by atoms with van der Waals surface area (Å²) in [5, 5.41) is 2.39. The number of benzene rings is 1. The van der Waals surface area contributed by atoms with Gasteiger partial charge in [-0.15, -0.1) is 0 Å². The van der Waals surface area contributed by atoms with Crippen LogP contribution in [0.4, 0.5) is 27.6 Å². The average molecular weight is 488 g/mol. The summed E-state index contributed by atoms with van der Waals surface area (Å²) in [5.41, 5.74) is -3.06. The molecule has 1 aromatic carbocycles. The lowest BCUT2D eigenvalue weighted by molar-refractivity contribution is -0.272. The zero-order valence-electron chi connectivity index (χ0n) is 18.5. The van der Waals surface area contributed by atoms with E-state index in [0.29, 0.717) is 0 Å². The molecule has 3 rings (SSSR count). The van der Waals surface area contributed by atoms with Gasteiger partial charge in [-0.2, -0.15) is 17.6 Å². The maximum atomic E-state index is 14.4. The Morgan fingerprint density at radius 2 is 1.85 bits per heavy atom. The number of hydrogen-bond acceptors (Lipinski definition) is 6. The second kappa shape index (κ2) is 9.16. The maximum absolute atomic E-state index is 14.4. The minimum Gasteiger partial charge on any atom is -0.493 e. The maximum Gasteiger partial charge on any atom is 0.417 e. The first-order valence-electron chi connectivity index (χ1n) is 9.97. The van der Waals surface area contributed by atoms with Gasteiger partial charge in [-0.05, 0) is 25.1 Å². The number of hydrogen-bond donors (Lipinski definition) is 1. The normalized spacial score (nSPS) is 24.6. The molecule has 34 heavy (non-hydrogen) atoms. The second-order valence-corrected chi connectivity index (χ2v) is 7.85. The number of aromatic nitrogens is 1. The number of ether oxygens (including phenoxy) is 3. The van der Waals surface area contributed by atoms with Gasteiger partial charge in [0, 0.05) is 29.3 Å². The van der Waals surface area contributed by atoms with E-state index < -0.39 is 59.0 Å². The fourth-order valence-electron chi connectivity index (χ4n) is 3.98. The third-order valence-electron chi connectivity index (χ3n) is 5.99. The average Bonchev–Trinajstić information content (AvgIpc) is 3.07. The molecule has 1 aliphatic rings. The molecule has 4 atom stereocenters. The summed E-state index contributed by atoms with van der Waals surface area (Å²) in [6.07, 6.45) is -5.47. The molecule has 2 aromatic rings. The minimum absolute atomic E-state index is 0.0354. The fourth-order valence-corrected chi connectivity index (χ4v) is 3.98. The van der Waals surface area contributed by atoms with Crippen LogP contribution in [0, 0.1) is 17.6 Å². The van der Waals surface area contributed by atoms with Gasteiger partial charge in [-0.25, -0.2) is 14.2 Å². The number of amides is 1. The molecule has 1 amide bonds. The van der Waals surface area contributed by atoms with Gasteiger partial charge in [0.15, 0.2) is 17.2 Å². The SMILES string of the molecule is COC(=O)c1cc(NC(=O)[C@H]2O[C@](C)(C(F)(F)F)[C@H](C)[C@@H]2c2ccc(F)c(F)c2OC)ccn1. The Labute approximate surface area is 191 Å². The molecule has 1 fully saturated rings. The van der Waals surface area contributed by atoms with Crippen LogP contribution >= 0.6 is 0 Å². The lowest BCUT2D eigenvalue weighted by Crippen LogP contribution is -2.47. The smallest absolute Gasteiger partial charge is 0.417 e. The Morgan fingerprint density at radius 1 is 1.18 bits per heavy atom. The van der Waals surface area contributed by atoms with Crippen molar-refractivity contribution in [1.82, 2.24) is 4.98 Å². The van der Waals surface area contributed by atoms with Crippen LogP contribution in [0.15, 0.2) is 30.5 Å². The summed E-state index contributed by atoms with van der Waals surface area (Å²) < 4.78 is 84.8. The van der Waals surface area contributed by atoms with E-state index in [2.05, 4.69) is 15.0 Å². The Kier molecular flexibility index (Phi) is 6.83. The zero-order valence-corrected chi connectivity index (χ0v) is 18.5. The predicted octanol–water partition coefficient (Wildman–Crippen LogP) is 4.23. The molecule has 2 heterocycles. The summed E-state index contributed by atoms with van der Waals surface area (Å²) in [6, 6.07) is 4.27. The molecule has 1 aliphatic heterocycles. The van der Waals surface area contributed by atoms with E-state index >= 15 is 0 Å². The molecule has 0 saturated carbocycles. The Morgan fingerprint density at radius 3 is 2.44 bits per heavy atom. The highest BCUT2D eigenvalue weighted by molar-refractivity contribution is 5.96. The molecule has 7 nitrogen and oxygen atoms in total. The number of pyridine rings is 1. The minimum atomic E-state index is -4.89. The van der Waals surface area contributed by atoms with E-state index in [1.54, 1.807) is 0 Å². The number of anilines is 1. The number of methoxy groups -OCH3 is 2. The number of esters is 1. The Bertz CT molecular complexity index is 1110. The van der Waals surface area contributed by atoms with Crippen LogP contribution in [0.1, 0.15) is 35.8 Å². The highest BCUT2D eigenvalue weighted by Crippen LogP contribution is 2.55. The first kappa shape index (κ1) is 25.3. The number of rotatable bonds is 5. The number of nitrogens with one attached hydrogen (secondary N) is 1. The second-order valence-electron chi connectivity index (χ2n) is 7.85. The molecule has 1 aromatic heterocycles. The van der Waals surface area contributed by atoms with E-state index in [9.17, 15) is 31.5 Å². The molecule has 0 bridgehead atoms. The van der Waals surface area contributed by atoms with Crippen LogP contribution in [-0.2, 0) is 14.3 Å². The first-order chi connectivity index (χ1) is 15.9. The van der Waals surface area contributed by atoms with Crippen LogP contribution < -0.4 is 10.1 Å². The van der Waals surface area contributed by atoms with E-state index in [1.807, 2.05) is 0 Å². The van der Waals surface area contributed by atoms with Gasteiger partial charge < -0.3 is 19.5 Å². The van der Waals surface area contributed by atoms with Crippen molar-refractivity contribution in [3.05, 3.63) is 53.4 Å². The van der Waals surface area contributed by atoms with E-state index in [1.165, 1.54) is 19.2 Å². The summed E-state index contributed by atoms with van der Waals surface area (Å²) in [6.45, 7) is 1.99. The highest BCUT2D eigenvalue weighted by Gasteiger charge is 2.65. The fraction of sp³-hybridized carbons (Fsp3) is 0.409. The molecule has 0 radical (unpaired) electrons. The highest BCUT2D eigenvalue weighted by atomic mass is 19.4. The van der Waals surface area contributed by atoms with Crippen LogP contribution in [-0.4, -0.2) is 49.0 Å². The van der Waals surface area contributed by atoms with Gasteiger partial charge in [-0.1, -0.05) is 13.0 Å². The molecule has 1 saturated heterocycles. The van der Waals surface area contributed by atoms with Crippen LogP contribution in [0.5, 0.6) is 5.75 Å². The molecular weight excluding hydrogens is 467 g/mol. The number of carbonyl (C=O) groups is 2. The van der Waals surface area contributed by atoms with Gasteiger partial charge in [-0.3, -0.25) is 4.79 Å². The van der Waals surface area contributed by atoms with Gasteiger partial charge in [0.2, 0.25) is 5.82 Å². The monoisotopic (exact) mass is 488 g/mol. The summed E-state index contributed by atoms with van der Waals surface area (Å²) in [7, 11) is 2.16. The third-order valence-corrected chi connectivity index (χ3v) is 5.99. The summed E-state index contributed by atoms with van der Waals surface area (Å²) in [5.74, 6) is -7.84. The van der Waals surface area contributed by atoms with Crippen molar-refractivity contribution >= 4 is 17.6 Å².